The molecule has 0 aliphatic carbocycles. The summed E-state index contributed by atoms with van der Waals surface area (Å²) in [5.74, 6) is -0.578. The second-order valence-electron chi connectivity index (χ2n) is 19.5. The van der Waals surface area contributed by atoms with E-state index in [1.165, 1.54) is 38.9 Å². The van der Waals surface area contributed by atoms with Crippen molar-refractivity contribution in [2.45, 2.75) is 125 Å². The van der Waals surface area contributed by atoms with Crippen LogP contribution < -0.4 is 17.1 Å². The molecule has 0 amide bonds. The summed E-state index contributed by atoms with van der Waals surface area (Å²) in [7, 11) is 0. The summed E-state index contributed by atoms with van der Waals surface area (Å²) in [6.07, 6.45) is 0. The number of carbonyl (C=O) groups is 3. The SMILES string of the molecule is Cc1[c-]c(C)c(C)c(C)c1C.Cc1cc(C(=O)O)c(N)c(C)c1C.Cc1cc(C(=O)c2cc(C)c(C)c(C)c2N)c(C)c(C)c1C.Cc1cc2c(=O)oc(-c3ccccc3)nc2c(C)c1C.O=C(Cl)c1ccccc1.[CH3-].[Mg+2]. The summed E-state index contributed by atoms with van der Waals surface area (Å²) in [5, 5.41) is 8.97. The molecule has 8 rings (SSSR count). The minimum atomic E-state index is -0.969. The van der Waals surface area contributed by atoms with Gasteiger partial charge in [0.05, 0.1) is 16.5 Å². The molecule has 77 heavy (non-hydrogen) atoms. The number of aryl methyl sites for hydroxylation is 7. The second kappa shape index (κ2) is 28.5. The normalized spacial score (nSPS) is 10.2. The summed E-state index contributed by atoms with van der Waals surface area (Å²) in [6.45, 7) is 36.7. The van der Waals surface area contributed by atoms with Gasteiger partial charge in [0, 0.05) is 33.6 Å². The molecular weight excluding hydrogens is 990 g/mol. The van der Waals surface area contributed by atoms with Gasteiger partial charge in [-0.2, -0.15) is 33.9 Å². The Morgan fingerprint density at radius 2 is 0.896 bits per heavy atom. The van der Waals surface area contributed by atoms with Gasteiger partial charge in [-0.25, -0.2) is 14.6 Å². The maximum atomic E-state index is 13.0. The molecule has 8 aromatic rings. The van der Waals surface area contributed by atoms with Crippen LogP contribution >= 0.6 is 11.6 Å². The van der Waals surface area contributed by atoms with Crippen LogP contribution in [0.2, 0.25) is 0 Å². The van der Waals surface area contributed by atoms with Crippen LogP contribution in [0.1, 0.15) is 137 Å². The first-order chi connectivity index (χ1) is 35.0. The van der Waals surface area contributed by atoms with Gasteiger partial charge < -0.3 is 28.4 Å². The van der Waals surface area contributed by atoms with Gasteiger partial charge >= 0.3 is 34.6 Å². The Labute approximate surface area is 478 Å². The molecule has 400 valence electrons. The van der Waals surface area contributed by atoms with Crippen molar-refractivity contribution in [1.82, 2.24) is 4.98 Å². The van der Waals surface area contributed by atoms with Crippen molar-refractivity contribution < 1.29 is 23.9 Å². The third-order valence-electron chi connectivity index (χ3n) is 15.0. The van der Waals surface area contributed by atoms with Crippen LogP contribution in [0.4, 0.5) is 11.4 Å². The Kier molecular flexibility index (Phi) is 24.5. The van der Waals surface area contributed by atoms with Gasteiger partial charge in [0.1, 0.15) is 0 Å². The number of halogens is 1. The van der Waals surface area contributed by atoms with Gasteiger partial charge in [0.25, 0.3) is 5.24 Å². The zero-order valence-corrected chi connectivity index (χ0v) is 50.9. The number of ketones is 1. The molecule has 0 spiro atoms. The average Bonchev–Trinajstić information content (AvgIpc) is 3.39. The predicted octanol–water partition coefficient (Wildman–Crippen LogP) is 15.5. The third kappa shape index (κ3) is 15.6. The van der Waals surface area contributed by atoms with Crippen LogP contribution in [0.3, 0.4) is 0 Å². The fraction of sp³-hybridized carbons (Fsp3) is 0.273. The molecule has 0 saturated heterocycles. The fourth-order valence-electron chi connectivity index (χ4n) is 8.38. The van der Waals surface area contributed by atoms with Gasteiger partial charge in [-0.3, -0.25) is 9.59 Å². The number of anilines is 2. The quantitative estimate of drug-likeness (QED) is 0.0500. The van der Waals surface area contributed by atoms with Gasteiger partial charge in [-0.15, -0.1) is 0 Å². The molecule has 0 aliphatic heterocycles. The number of nitrogens with zero attached hydrogens (tertiary/aromatic N) is 1. The van der Waals surface area contributed by atoms with E-state index in [4.69, 9.17) is 32.6 Å². The Hall–Kier alpha value is -6.85. The molecule has 0 radical (unpaired) electrons. The molecule has 7 aromatic carbocycles. The number of carboxylic acid groups (broad SMARTS) is 1. The van der Waals surface area contributed by atoms with Crippen molar-refractivity contribution in [3.8, 4) is 11.5 Å². The van der Waals surface area contributed by atoms with Crippen LogP contribution in [-0.2, 0) is 0 Å². The maximum absolute atomic E-state index is 13.0. The standard InChI is InChI=1S/C20H25NO.C17H15NO2.C11H15.C10H13NO2.C7H5ClO.CH3.Mg/c1-10-8-17(15(6)14(5)12(10)3)20(22)18-9-11(2)13(4)16(7)19(18)21;1-10-9-14-15(12(3)11(10)2)18-16(20-17(14)19)13-7-5-4-6-8-13;1-7-6-8(2)10(4)11(5)9(7)3;1-5-4-8(10(12)13)9(11)7(3)6(5)2;8-7(9)6-4-2-1-3-5-6;;/h8-9H,21H2,1-7H3;4-9H,1-3H3;1-5H3;4H,11H2,1-3H3,(H,12,13);1-5H;1H3;/q;;-1;;;-1;+2. The van der Waals surface area contributed by atoms with Gasteiger partial charge in [0.15, 0.2) is 5.78 Å². The maximum Gasteiger partial charge on any atom is 2.00 e. The van der Waals surface area contributed by atoms with E-state index in [1.807, 2.05) is 131 Å². The number of hydrogen-bond acceptors (Lipinski definition) is 8. The predicted molar refractivity (Wildman–Crippen MR) is 324 cm³/mol. The number of nitrogen functional groups attached to an aromatic ring is 2. The minimum absolute atomic E-state index is 0. The van der Waals surface area contributed by atoms with Crippen molar-refractivity contribution >= 4 is 73.9 Å². The summed E-state index contributed by atoms with van der Waals surface area (Å²) < 4.78 is 5.36. The molecule has 0 atom stereocenters. The van der Waals surface area contributed by atoms with E-state index in [0.29, 0.717) is 33.8 Å². The van der Waals surface area contributed by atoms with Crippen molar-refractivity contribution in [3.63, 3.8) is 0 Å². The molecule has 11 heteroatoms. The number of carboxylic acids is 1. The molecule has 5 N–H and O–H groups in total. The number of nitrogens with two attached hydrogens (primary N) is 2. The van der Waals surface area contributed by atoms with Crippen molar-refractivity contribution in [2.75, 3.05) is 11.5 Å². The molecule has 0 unspecified atom stereocenters. The molecule has 1 aromatic heterocycles. The minimum Gasteiger partial charge on any atom is -0.478 e. The van der Waals surface area contributed by atoms with E-state index in [9.17, 15) is 19.2 Å². The third-order valence-corrected chi connectivity index (χ3v) is 15.2. The van der Waals surface area contributed by atoms with E-state index in [2.05, 4.69) is 59.5 Å². The number of carbonyl (C=O) groups excluding carboxylic acids is 2. The van der Waals surface area contributed by atoms with Gasteiger partial charge in [-0.1, -0.05) is 83.1 Å². The summed E-state index contributed by atoms with van der Waals surface area (Å²) >= 11 is 5.16. The van der Waals surface area contributed by atoms with E-state index in [0.717, 1.165) is 77.8 Å². The monoisotopic (exact) mass is 1070 g/mol. The molecule has 0 aliphatic rings. The largest absolute Gasteiger partial charge is 2.00 e. The summed E-state index contributed by atoms with van der Waals surface area (Å²) in [5.41, 5.74) is 37.0. The number of hydrogen-bond donors (Lipinski definition) is 3. The van der Waals surface area contributed by atoms with Gasteiger partial charge in [0.2, 0.25) is 5.89 Å². The van der Waals surface area contributed by atoms with Crippen LogP contribution in [-0.4, -0.2) is 50.1 Å². The first kappa shape index (κ1) is 66.3. The number of aromatic nitrogens is 1. The van der Waals surface area contributed by atoms with Crippen LogP contribution in [0, 0.1) is 138 Å². The zero-order valence-electron chi connectivity index (χ0n) is 48.8. The Morgan fingerprint density at radius 1 is 0.506 bits per heavy atom. The second-order valence-corrected chi connectivity index (χ2v) is 19.8. The van der Waals surface area contributed by atoms with Gasteiger partial charge in [-0.05, 0) is 210 Å². The zero-order chi connectivity index (χ0) is 56.5. The molecule has 0 saturated carbocycles. The Morgan fingerprint density at radius 3 is 1.35 bits per heavy atom. The smallest absolute Gasteiger partial charge is 0.478 e. The number of benzene rings is 7. The van der Waals surface area contributed by atoms with E-state index >= 15 is 0 Å². The van der Waals surface area contributed by atoms with Crippen molar-refractivity contribution in [2.24, 2.45) is 0 Å². The first-order valence-electron chi connectivity index (χ1n) is 24.8. The molecule has 0 fully saturated rings. The summed E-state index contributed by atoms with van der Waals surface area (Å²) in [4.78, 5) is 50.9. The van der Waals surface area contributed by atoms with Crippen LogP contribution in [0.25, 0.3) is 22.4 Å². The van der Waals surface area contributed by atoms with Crippen LogP contribution in [0.15, 0.2) is 94.1 Å². The van der Waals surface area contributed by atoms with Crippen molar-refractivity contribution in [3.05, 3.63) is 231 Å². The fourth-order valence-corrected chi connectivity index (χ4v) is 8.51. The van der Waals surface area contributed by atoms with Crippen molar-refractivity contribution in [1.29, 1.82) is 0 Å². The Balaban J connectivity index is 0.000000340. The topological polar surface area (TPSA) is 167 Å². The van der Waals surface area contributed by atoms with E-state index < -0.39 is 11.2 Å². The summed E-state index contributed by atoms with van der Waals surface area (Å²) in [6, 6.07) is 28.9. The van der Waals surface area contributed by atoms with E-state index in [1.54, 1.807) is 30.3 Å². The molecule has 1 heterocycles. The van der Waals surface area contributed by atoms with Crippen LogP contribution in [0.5, 0.6) is 0 Å². The first-order valence-corrected chi connectivity index (χ1v) is 25.2. The molecule has 0 bridgehead atoms. The molecular formula is C66H76ClMgN3O6. The average molecular weight is 1070 g/mol. The Bertz CT molecular complexity index is 3440. The number of fused-ring (bicyclic) bond motifs is 1. The number of aromatic carboxylic acids is 1. The molecule has 9 nitrogen and oxygen atoms in total. The van der Waals surface area contributed by atoms with E-state index in [-0.39, 0.29) is 47.5 Å². The number of rotatable bonds is 5.